The van der Waals surface area contributed by atoms with Crippen molar-refractivity contribution >= 4 is 11.8 Å². The third-order valence-electron chi connectivity index (χ3n) is 2.15. The van der Waals surface area contributed by atoms with Crippen LogP contribution < -0.4 is 0 Å². The molecular formula is C11H14O3S. The highest BCUT2D eigenvalue weighted by atomic mass is 32.2. The van der Waals surface area contributed by atoms with Gasteiger partial charge in [-0.2, -0.15) is 0 Å². The lowest BCUT2D eigenvalue weighted by atomic mass is 10.3. The summed E-state index contributed by atoms with van der Waals surface area (Å²) < 4.78 is 10.7. The lowest BCUT2D eigenvalue weighted by Gasteiger charge is -2.07. The summed E-state index contributed by atoms with van der Waals surface area (Å²) in [5.41, 5.74) is 0. The molecule has 1 aromatic carbocycles. The van der Waals surface area contributed by atoms with E-state index >= 15 is 0 Å². The third kappa shape index (κ3) is 3.41. The minimum absolute atomic E-state index is 0.0189. The van der Waals surface area contributed by atoms with Gasteiger partial charge in [0.25, 0.3) is 0 Å². The number of rotatable bonds is 4. The minimum Gasteiger partial charge on any atom is -0.508 e. The maximum atomic E-state index is 9.11. The molecule has 1 aliphatic rings. The van der Waals surface area contributed by atoms with Gasteiger partial charge in [-0.15, -0.1) is 11.8 Å². The molecule has 4 heteroatoms. The van der Waals surface area contributed by atoms with Crippen LogP contribution in [0.3, 0.4) is 0 Å². The van der Waals surface area contributed by atoms with Crippen LogP contribution in [0.2, 0.25) is 0 Å². The minimum atomic E-state index is -0.0189. The average Bonchev–Trinajstić information content (AvgIpc) is 2.74. The van der Waals surface area contributed by atoms with Crippen LogP contribution in [0.15, 0.2) is 29.2 Å². The van der Waals surface area contributed by atoms with Gasteiger partial charge < -0.3 is 14.6 Å². The molecule has 1 aliphatic heterocycles. The van der Waals surface area contributed by atoms with E-state index < -0.39 is 0 Å². The predicted octanol–water partition coefficient (Wildman–Crippen LogP) is 2.25. The fraction of sp³-hybridized carbons (Fsp3) is 0.455. The summed E-state index contributed by atoms with van der Waals surface area (Å²) in [4.78, 5) is 1.16. The van der Waals surface area contributed by atoms with Gasteiger partial charge in [-0.05, 0) is 24.3 Å². The molecule has 3 nitrogen and oxygen atoms in total. The van der Waals surface area contributed by atoms with Crippen molar-refractivity contribution in [2.75, 3.05) is 19.0 Å². The van der Waals surface area contributed by atoms with E-state index in [1.165, 1.54) is 0 Å². The van der Waals surface area contributed by atoms with Crippen LogP contribution in [-0.2, 0) is 9.47 Å². The summed E-state index contributed by atoms with van der Waals surface area (Å²) >= 11 is 1.74. The van der Waals surface area contributed by atoms with Gasteiger partial charge in [0.1, 0.15) is 5.75 Å². The normalized spacial score (nSPS) is 17.1. The Morgan fingerprint density at radius 2 is 1.87 bits per heavy atom. The van der Waals surface area contributed by atoms with E-state index in [0.29, 0.717) is 19.0 Å². The van der Waals surface area contributed by atoms with Gasteiger partial charge in [0.15, 0.2) is 6.29 Å². The lowest BCUT2D eigenvalue weighted by Crippen LogP contribution is -2.08. The molecule has 0 saturated carbocycles. The highest BCUT2D eigenvalue weighted by Crippen LogP contribution is 2.22. The molecule has 15 heavy (non-hydrogen) atoms. The first-order valence-corrected chi connectivity index (χ1v) is 5.98. The van der Waals surface area contributed by atoms with Crippen molar-refractivity contribution in [2.45, 2.75) is 17.6 Å². The summed E-state index contributed by atoms with van der Waals surface area (Å²) in [5, 5.41) is 9.11. The molecule has 0 bridgehead atoms. The second-order valence-electron chi connectivity index (χ2n) is 3.30. The number of ether oxygens (including phenoxy) is 2. The van der Waals surface area contributed by atoms with Crippen LogP contribution in [0.5, 0.6) is 5.75 Å². The number of hydrogen-bond acceptors (Lipinski definition) is 4. The Hall–Kier alpha value is -0.710. The van der Waals surface area contributed by atoms with Gasteiger partial charge in [-0.25, -0.2) is 0 Å². The fourth-order valence-corrected chi connectivity index (χ4v) is 2.26. The Morgan fingerprint density at radius 1 is 1.20 bits per heavy atom. The highest BCUT2D eigenvalue weighted by Gasteiger charge is 2.14. The first-order chi connectivity index (χ1) is 7.34. The molecule has 1 N–H and O–H groups in total. The summed E-state index contributed by atoms with van der Waals surface area (Å²) in [5.74, 6) is 1.27. The molecule has 0 radical (unpaired) electrons. The summed E-state index contributed by atoms with van der Waals surface area (Å²) in [6.07, 6.45) is 0.889. The van der Waals surface area contributed by atoms with Gasteiger partial charge in [0, 0.05) is 17.1 Å². The van der Waals surface area contributed by atoms with E-state index in [1.807, 2.05) is 12.1 Å². The number of hydrogen-bond donors (Lipinski definition) is 1. The standard InChI is InChI=1S/C11H14O3S/c12-9-1-3-10(4-2-9)15-8-5-11-13-6-7-14-11/h1-4,11-12H,5-8H2. The molecule has 0 atom stereocenters. The first kappa shape index (κ1) is 10.8. The third-order valence-corrected chi connectivity index (χ3v) is 3.20. The number of benzene rings is 1. The summed E-state index contributed by atoms with van der Waals surface area (Å²) in [7, 11) is 0. The Balaban J connectivity index is 1.71. The van der Waals surface area contributed by atoms with Crippen LogP contribution in [0, 0.1) is 0 Å². The zero-order valence-corrected chi connectivity index (χ0v) is 9.20. The largest absolute Gasteiger partial charge is 0.508 e. The maximum Gasteiger partial charge on any atom is 0.158 e. The number of aromatic hydroxyl groups is 1. The van der Waals surface area contributed by atoms with Crippen LogP contribution in [-0.4, -0.2) is 30.4 Å². The van der Waals surface area contributed by atoms with E-state index in [4.69, 9.17) is 14.6 Å². The summed E-state index contributed by atoms with van der Waals surface area (Å²) in [6, 6.07) is 7.22. The van der Waals surface area contributed by atoms with E-state index in [2.05, 4.69) is 0 Å². The van der Waals surface area contributed by atoms with E-state index in [0.717, 1.165) is 17.1 Å². The molecule has 1 aromatic rings. The van der Waals surface area contributed by atoms with Crippen LogP contribution in [0.1, 0.15) is 6.42 Å². The maximum absolute atomic E-state index is 9.11. The first-order valence-electron chi connectivity index (χ1n) is 4.99. The second-order valence-corrected chi connectivity index (χ2v) is 4.47. The zero-order chi connectivity index (χ0) is 10.5. The van der Waals surface area contributed by atoms with Gasteiger partial charge >= 0.3 is 0 Å². The second kappa shape index (κ2) is 5.39. The number of phenolic OH excluding ortho intramolecular Hbond substituents is 1. The fourth-order valence-electron chi connectivity index (χ4n) is 1.39. The van der Waals surface area contributed by atoms with Crippen LogP contribution >= 0.6 is 11.8 Å². The molecule has 0 spiro atoms. The van der Waals surface area contributed by atoms with Crippen molar-refractivity contribution in [2.24, 2.45) is 0 Å². The quantitative estimate of drug-likeness (QED) is 0.799. The lowest BCUT2D eigenvalue weighted by molar-refractivity contribution is -0.0421. The Morgan fingerprint density at radius 3 is 2.53 bits per heavy atom. The molecule has 1 heterocycles. The van der Waals surface area contributed by atoms with Crippen molar-refractivity contribution in [3.63, 3.8) is 0 Å². The van der Waals surface area contributed by atoms with Crippen molar-refractivity contribution in [1.29, 1.82) is 0 Å². The summed E-state index contributed by atoms with van der Waals surface area (Å²) in [6.45, 7) is 1.43. The molecule has 1 fully saturated rings. The smallest absolute Gasteiger partial charge is 0.158 e. The average molecular weight is 226 g/mol. The Bertz CT molecular complexity index is 293. The van der Waals surface area contributed by atoms with E-state index in [9.17, 15) is 0 Å². The van der Waals surface area contributed by atoms with Gasteiger partial charge in [-0.1, -0.05) is 0 Å². The SMILES string of the molecule is Oc1ccc(SCCC2OCCO2)cc1. The van der Waals surface area contributed by atoms with E-state index in [-0.39, 0.29) is 6.29 Å². The van der Waals surface area contributed by atoms with Crippen molar-refractivity contribution in [3.8, 4) is 5.75 Å². The van der Waals surface area contributed by atoms with Crippen LogP contribution in [0.25, 0.3) is 0 Å². The van der Waals surface area contributed by atoms with Crippen molar-refractivity contribution in [3.05, 3.63) is 24.3 Å². The highest BCUT2D eigenvalue weighted by molar-refractivity contribution is 7.99. The van der Waals surface area contributed by atoms with Crippen molar-refractivity contribution < 1.29 is 14.6 Å². The van der Waals surface area contributed by atoms with Crippen molar-refractivity contribution in [1.82, 2.24) is 0 Å². The molecule has 0 amide bonds. The number of phenols is 1. The molecule has 0 aromatic heterocycles. The Kier molecular flexibility index (Phi) is 3.88. The van der Waals surface area contributed by atoms with Gasteiger partial charge in [-0.3, -0.25) is 0 Å². The monoisotopic (exact) mass is 226 g/mol. The zero-order valence-electron chi connectivity index (χ0n) is 8.39. The molecule has 2 rings (SSSR count). The molecular weight excluding hydrogens is 212 g/mol. The predicted molar refractivity (Wildman–Crippen MR) is 59.1 cm³/mol. The topological polar surface area (TPSA) is 38.7 Å². The molecule has 0 unspecified atom stereocenters. The van der Waals surface area contributed by atoms with Crippen LogP contribution in [0.4, 0.5) is 0 Å². The molecule has 1 saturated heterocycles. The van der Waals surface area contributed by atoms with E-state index in [1.54, 1.807) is 23.9 Å². The molecule has 82 valence electrons. The van der Waals surface area contributed by atoms with Gasteiger partial charge in [0.05, 0.1) is 13.2 Å². The molecule has 0 aliphatic carbocycles. The Labute approximate surface area is 93.4 Å². The number of thioether (sulfide) groups is 1. The van der Waals surface area contributed by atoms with Gasteiger partial charge in [0.2, 0.25) is 0 Å².